The Balaban J connectivity index is 2.75. The molecule has 1 amide bonds. The van der Waals surface area contributed by atoms with Gasteiger partial charge in [-0.2, -0.15) is 4.39 Å². The van der Waals surface area contributed by atoms with Gasteiger partial charge in [0.15, 0.2) is 0 Å². The van der Waals surface area contributed by atoms with E-state index < -0.39 is 23.9 Å². The van der Waals surface area contributed by atoms with E-state index in [0.717, 1.165) is 6.07 Å². The maximum Gasteiger partial charge on any atom is 0.326 e. The first-order valence-corrected chi connectivity index (χ1v) is 4.59. The molecular formula is C10H11FN2O3. The van der Waals surface area contributed by atoms with Gasteiger partial charge in [0.1, 0.15) is 6.04 Å². The lowest BCUT2D eigenvalue weighted by Crippen LogP contribution is -2.41. The number of nitrogens with one attached hydrogen (secondary N) is 1. The fourth-order valence-corrected chi connectivity index (χ4v) is 1.25. The molecule has 1 heterocycles. The van der Waals surface area contributed by atoms with Gasteiger partial charge in [0.25, 0.3) is 0 Å². The number of nitrogens with zero attached hydrogens (tertiary/aromatic N) is 1. The highest BCUT2D eigenvalue weighted by Crippen LogP contribution is 2.04. The number of halogens is 1. The van der Waals surface area contributed by atoms with Gasteiger partial charge in [-0.25, -0.2) is 9.78 Å². The molecule has 0 aromatic carbocycles. The lowest BCUT2D eigenvalue weighted by atomic mass is 10.1. The Hall–Kier alpha value is -1.98. The van der Waals surface area contributed by atoms with Crippen molar-refractivity contribution in [2.75, 3.05) is 0 Å². The summed E-state index contributed by atoms with van der Waals surface area (Å²) in [5, 5.41) is 11.1. The van der Waals surface area contributed by atoms with Crippen molar-refractivity contribution in [3.8, 4) is 0 Å². The van der Waals surface area contributed by atoms with Crippen LogP contribution in [-0.2, 0) is 16.0 Å². The number of hydrogen-bond donors (Lipinski definition) is 2. The molecule has 0 fully saturated rings. The Morgan fingerprint density at radius 2 is 2.31 bits per heavy atom. The summed E-state index contributed by atoms with van der Waals surface area (Å²) in [6.07, 6.45) is 1.27. The van der Waals surface area contributed by atoms with Crippen LogP contribution in [0, 0.1) is 5.95 Å². The first-order chi connectivity index (χ1) is 7.49. The quantitative estimate of drug-likeness (QED) is 0.726. The Kier molecular flexibility index (Phi) is 3.93. The van der Waals surface area contributed by atoms with Crippen LogP contribution in [0.2, 0.25) is 0 Å². The molecule has 5 nitrogen and oxygen atoms in total. The van der Waals surface area contributed by atoms with E-state index in [9.17, 15) is 14.0 Å². The van der Waals surface area contributed by atoms with Crippen molar-refractivity contribution in [3.05, 3.63) is 29.8 Å². The molecule has 1 aromatic rings. The number of carbonyl (C=O) groups is 2. The number of rotatable bonds is 4. The molecule has 1 rings (SSSR count). The summed E-state index contributed by atoms with van der Waals surface area (Å²) in [6, 6.07) is 1.58. The van der Waals surface area contributed by atoms with Gasteiger partial charge < -0.3 is 10.4 Å². The molecule has 0 saturated heterocycles. The van der Waals surface area contributed by atoms with Crippen molar-refractivity contribution in [2.24, 2.45) is 0 Å². The van der Waals surface area contributed by atoms with Gasteiger partial charge in [-0.05, 0) is 17.7 Å². The number of carboxylic acid groups (broad SMARTS) is 1. The lowest BCUT2D eigenvalue weighted by molar-refractivity contribution is -0.141. The van der Waals surface area contributed by atoms with Crippen LogP contribution in [0.4, 0.5) is 4.39 Å². The van der Waals surface area contributed by atoms with Crippen molar-refractivity contribution in [2.45, 2.75) is 19.4 Å². The highest BCUT2D eigenvalue weighted by molar-refractivity contribution is 5.82. The minimum Gasteiger partial charge on any atom is -0.480 e. The molecule has 1 atom stereocenters. The summed E-state index contributed by atoms with van der Waals surface area (Å²) in [7, 11) is 0. The molecule has 0 saturated carbocycles. The van der Waals surface area contributed by atoms with E-state index in [1.54, 1.807) is 0 Å². The van der Waals surface area contributed by atoms with Crippen LogP contribution in [0.25, 0.3) is 0 Å². The summed E-state index contributed by atoms with van der Waals surface area (Å²) in [4.78, 5) is 24.9. The zero-order valence-electron chi connectivity index (χ0n) is 8.61. The SMILES string of the molecule is CC(=O)NC(Cc1ccnc(F)c1)C(=O)O. The molecule has 1 aromatic heterocycles. The molecule has 86 valence electrons. The van der Waals surface area contributed by atoms with Gasteiger partial charge in [-0.1, -0.05) is 0 Å². The van der Waals surface area contributed by atoms with Crippen LogP contribution in [0.1, 0.15) is 12.5 Å². The van der Waals surface area contributed by atoms with Crippen LogP contribution < -0.4 is 5.32 Å². The number of hydrogen-bond acceptors (Lipinski definition) is 3. The molecule has 0 radical (unpaired) electrons. The van der Waals surface area contributed by atoms with E-state index >= 15 is 0 Å². The summed E-state index contributed by atoms with van der Waals surface area (Å²) < 4.78 is 12.7. The van der Waals surface area contributed by atoms with Crippen LogP contribution in [0.5, 0.6) is 0 Å². The molecule has 0 aliphatic rings. The predicted octanol–water partition coefficient (Wildman–Crippen LogP) is 0.352. The minimum absolute atomic E-state index is 0.0222. The minimum atomic E-state index is -1.16. The molecule has 16 heavy (non-hydrogen) atoms. The molecule has 1 unspecified atom stereocenters. The van der Waals surface area contributed by atoms with E-state index in [2.05, 4.69) is 10.3 Å². The molecule has 0 bridgehead atoms. The van der Waals surface area contributed by atoms with Gasteiger partial charge in [-0.15, -0.1) is 0 Å². The molecule has 6 heteroatoms. The maximum absolute atomic E-state index is 12.7. The molecule has 0 spiro atoms. The molecule has 2 N–H and O–H groups in total. The monoisotopic (exact) mass is 226 g/mol. The fourth-order valence-electron chi connectivity index (χ4n) is 1.25. The van der Waals surface area contributed by atoms with Gasteiger partial charge in [0, 0.05) is 19.5 Å². The summed E-state index contributed by atoms with van der Waals surface area (Å²) in [6.45, 7) is 1.23. The van der Waals surface area contributed by atoms with Crippen LogP contribution in [0.3, 0.4) is 0 Å². The number of amides is 1. The molecular weight excluding hydrogens is 215 g/mol. The summed E-state index contributed by atoms with van der Waals surface area (Å²) in [5.74, 6) is -2.28. The smallest absolute Gasteiger partial charge is 0.326 e. The largest absolute Gasteiger partial charge is 0.480 e. The highest BCUT2D eigenvalue weighted by Gasteiger charge is 2.18. The van der Waals surface area contributed by atoms with Gasteiger partial charge in [-0.3, -0.25) is 4.79 Å². The van der Waals surface area contributed by atoms with E-state index in [1.807, 2.05) is 0 Å². The van der Waals surface area contributed by atoms with Gasteiger partial charge in [0.05, 0.1) is 0 Å². The van der Waals surface area contributed by atoms with Gasteiger partial charge in [0.2, 0.25) is 11.9 Å². The van der Waals surface area contributed by atoms with E-state index in [0.29, 0.717) is 5.56 Å². The average Bonchev–Trinajstić information content (AvgIpc) is 2.15. The molecule has 0 aliphatic heterocycles. The Bertz CT molecular complexity index is 409. The number of carboxylic acids is 1. The van der Waals surface area contributed by atoms with E-state index in [-0.39, 0.29) is 6.42 Å². The van der Waals surface area contributed by atoms with Crippen molar-refractivity contribution < 1.29 is 19.1 Å². The highest BCUT2D eigenvalue weighted by atomic mass is 19.1. The number of pyridine rings is 1. The third-order valence-electron chi connectivity index (χ3n) is 1.91. The third kappa shape index (κ3) is 3.64. The van der Waals surface area contributed by atoms with Crippen molar-refractivity contribution in [1.29, 1.82) is 0 Å². The fraction of sp³-hybridized carbons (Fsp3) is 0.300. The summed E-state index contributed by atoms with van der Waals surface area (Å²) >= 11 is 0. The van der Waals surface area contributed by atoms with Crippen molar-refractivity contribution in [1.82, 2.24) is 10.3 Å². The van der Waals surface area contributed by atoms with Crippen LogP contribution in [-0.4, -0.2) is 28.0 Å². The van der Waals surface area contributed by atoms with E-state index in [4.69, 9.17) is 5.11 Å². The second-order valence-electron chi connectivity index (χ2n) is 3.28. The predicted molar refractivity (Wildman–Crippen MR) is 53.1 cm³/mol. The van der Waals surface area contributed by atoms with Gasteiger partial charge >= 0.3 is 5.97 Å². The zero-order valence-corrected chi connectivity index (χ0v) is 8.61. The first kappa shape index (κ1) is 12.1. The standard InChI is InChI=1S/C10H11FN2O3/c1-6(14)13-8(10(15)16)4-7-2-3-12-9(11)5-7/h2-3,5,8H,4H2,1H3,(H,13,14)(H,15,16). The number of carbonyl (C=O) groups excluding carboxylic acids is 1. The second kappa shape index (κ2) is 5.20. The number of aliphatic carboxylic acids is 1. The van der Waals surface area contributed by atoms with Crippen LogP contribution >= 0.6 is 0 Å². The summed E-state index contributed by atoms with van der Waals surface area (Å²) in [5.41, 5.74) is 0.466. The first-order valence-electron chi connectivity index (χ1n) is 4.59. The maximum atomic E-state index is 12.7. The zero-order chi connectivity index (χ0) is 12.1. The Morgan fingerprint density at radius 3 is 2.81 bits per heavy atom. The average molecular weight is 226 g/mol. The van der Waals surface area contributed by atoms with Crippen molar-refractivity contribution >= 4 is 11.9 Å². The normalized spacial score (nSPS) is 11.9. The van der Waals surface area contributed by atoms with Crippen molar-refractivity contribution in [3.63, 3.8) is 0 Å². The third-order valence-corrected chi connectivity index (χ3v) is 1.91. The number of aromatic nitrogens is 1. The Morgan fingerprint density at radius 1 is 1.62 bits per heavy atom. The second-order valence-corrected chi connectivity index (χ2v) is 3.28. The van der Waals surface area contributed by atoms with E-state index in [1.165, 1.54) is 19.2 Å². The van der Waals surface area contributed by atoms with Crippen LogP contribution in [0.15, 0.2) is 18.3 Å². The molecule has 0 aliphatic carbocycles. The topological polar surface area (TPSA) is 79.3 Å². The Labute approximate surface area is 91.3 Å². The lowest BCUT2D eigenvalue weighted by Gasteiger charge is -2.12.